The summed E-state index contributed by atoms with van der Waals surface area (Å²) in [5.41, 5.74) is 5.63. The number of pyridine rings is 1. The standard InChI is InChI=1S/C35H36N2O7S/c38-22-24-10-12-27(13-11-24)31-20-30(23-45-33-8-1-2-18-37(33)42)43-35(44-31)28-16-14-26(15-17-28)29-6-3-5-25(19-29)21-36-32(39)7-4-9-34(40)41/h1-3,5-6,8,10-19,30-31,35,38H,4,7,9,20-23H2,(H,36,39)(H,40,41). The van der Waals surface area contributed by atoms with Gasteiger partial charge in [-0.1, -0.05) is 78.5 Å². The van der Waals surface area contributed by atoms with Crippen molar-refractivity contribution in [1.29, 1.82) is 0 Å². The molecule has 9 nitrogen and oxygen atoms in total. The van der Waals surface area contributed by atoms with Gasteiger partial charge in [-0.05, 0) is 46.4 Å². The molecule has 3 aromatic carbocycles. The zero-order chi connectivity index (χ0) is 31.6. The Labute approximate surface area is 266 Å². The maximum absolute atomic E-state index is 12.2. The summed E-state index contributed by atoms with van der Waals surface area (Å²) < 4.78 is 13.7. The van der Waals surface area contributed by atoms with Crippen LogP contribution in [0.3, 0.4) is 0 Å². The fourth-order valence-electron chi connectivity index (χ4n) is 5.11. The number of rotatable bonds is 13. The van der Waals surface area contributed by atoms with Crippen LogP contribution in [0.5, 0.6) is 0 Å². The van der Waals surface area contributed by atoms with Gasteiger partial charge >= 0.3 is 5.97 Å². The number of carboxylic acid groups (broad SMARTS) is 1. The number of carbonyl (C=O) groups excluding carboxylic acids is 1. The third kappa shape index (κ3) is 9.15. The average molecular weight is 629 g/mol. The third-order valence-corrected chi connectivity index (χ3v) is 8.70. The van der Waals surface area contributed by atoms with Crippen molar-refractivity contribution in [2.75, 3.05) is 5.75 Å². The van der Waals surface area contributed by atoms with Crippen molar-refractivity contribution in [2.24, 2.45) is 0 Å². The molecule has 3 N–H and O–H groups in total. The second-order valence-electron chi connectivity index (χ2n) is 10.9. The van der Waals surface area contributed by atoms with E-state index in [1.165, 1.54) is 18.0 Å². The van der Waals surface area contributed by atoms with E-state index in [0.29, 0.717) is 30.2 Å². The molecule has 1 saturated heterocycles. The molecule has 1 aliphatic rings. The van der Waals surface area contributed by atoms with Gasteiger partial charge in [-0.25, -0.2) is 0 Å². The lowest BCUT2D eigenvalue weighted by Gasteiger charge is -2.36. The SMILES string of the molecule is O=C(O)CCCC(=O)NCc1cccc(-c2ccc(C3OC(CSc4cccc[n+]4[O-])CC(c4ccc(CO)cc4)O3)cc2)c1. The van der Waals surface area contributed by atoms with E-state index in [9.17, 15) is 19.9 Å². The third-order valence-electron chi connectivity index (χ3n) is 7.55. The van der Waals surface area contributed by atoms with Gasteiger partial charge in [0.05, 0.1) is 18.8 Å². The predicted octanol–water partition coefficient (Wildman–Crippen LogP) is 5.69. The average Bonchev–Trinajstić information content (AvgIpc) is 3.07. The topological polar surface area (TPSA) is 132 Å². The van der Waals surface area contributed by atoms with Gasteiger partial charge in [0.25, 0.3) is 5.03 Å². The molecule has 4 aromatic rings. The Morgan fingerprint density at radius 1 is 0.889 bits per heavy atom. The minimum atomic E-state index is -0.906. The van der Waals surface area contributed by atoms with E-state index < -0.39 is 12.3 Å². The number of carbonyl (C=O) groups is 2. The number of thioether (sulfide) groups is 1. The van der Waals surface area contributed by atoms with Gasteiger partial charge in [0, 0.05) is 49.3 Å². The van der Waals surface area contributed by atoms with Crippen LogP contribution in [0.15, 0.2) is 102 Å². The van der Waals surface area contributed by atoms with Gasteiger partial charge in [-0.3, -0.25) is 9.59 Å². The number of nitrogens with zero attached hydrogens (tertiary/aromatic N) is 1. The lowest BCUT2D eigenvalue weighted by atomic mass is 9.99. The molecule has 3 atom stereocenters. The smallest absolute Gasteiger partial charge is 0.303 e. The summed E-state index contributed by atoms with van der Waals surface area (Å²) in [7, 11) is 0. The summed E-state index contributed by atoms with van der Waals surface area (Å²) in [6.45, 7) is 0.332. The highest BCUT2D eigenvalue weighted by Gasteiger charge is 2.32. The molecule has 0 saturated carbocycles. The highest BCUT2D eigenvalue weighted by Crippen LogP contribution is 2.39. The Kier molecular flexibility index (Phi) is 11.2. The van der Waals surface area contributed by atoms with Crippen molar-refractivity contribution >= 4 is 23.6 Å². The van der Waals surface area contributed by atoms with Crippen LogP contribution in [-0.2, 0) is 32.2 Å². The number of aliphatic hydroxyl groups excluding tert-OH is 1. The molecule has 0 spiro atoms. The van der Waals surface area contributed by atoms with E-state index in [1.54, 1.807) is 12.1 Å². The van der Waals surface area contributed by atoms with E-state index in [2.05, 4.69) is 5.32 Å². The minimum absolute atomic E-state index is 0.0248. The summed E-state index contributed by atoms with van der Waals surface area (Å²) in [5, 5.41) is 33.9. The van der Waals surface area contributed by atoms with E-state index in [0.717, 1.165) is 38.1 Å². The van der Waals surface area contributed by atoms with Crippen molar-refractivity contribution in [3.8, 4) is 11.1 Å². The number of ether oxygens (including phenoxy) is 2. The first kappa shape index (κ1) is 32.2. The van der Waals surface area contributed by atoms with E-state index in [4.69, 9.17) is 14.6 Å². The zero-order valence-corrected chi connectivity index (χ0v) is 25.5. The second-order valence-corrected chi connectivity index (χ2v) is 11.9. The van der Waals surface area contributed by atoms with Crippen LogP contribution in [-0.4, -0.2) is 33.9 Å². The van der Waals surface area contributed by atoms with Crippen LogP contribution in [0.1, 0.15) is 60.3 Å². The highest BCUT2D eigenvalue weighted by molar-refractivity contribution is 7.99. The van der Waals surface area contributed by atoms with Gasteiger partial charge in [0.15, 0.2) is 12.5 Å². The lowest BCUT2D eigenvalue weighted by molar-refractivity contribution is -0.645. The molecule has 1 fully saturated rings. The number of aromatic nitrogens is 1. The first-order valence-corrected chi connectivity index (χ1v) is 15.9. The maximum Gasteiger partial charge on any atom is 0.303 e. The lowest BCUT2D eigenvalue weighted by Crippen LogP contribution is -2.32. The Morgan fingerprint density at radius 3 is 2.40 bits per heavy atom. The molecule has 5 rings (SSSR count). The van der Waals surface area contributed by atoms with Gasteiger partial charge < -0.3 is 30.2 Å². The van der Waals surface area contributed by atoms with Crippen LogP contribution in [0.25, 0.3) is 11.1 Å². The molecular formula is C35H36N2O7S. The van der Waals surface area contributed by atoms with Crippen molar-refractivity contribution in [2.45, 2.75) is 62.4 Å². The van der Waals surface area contributed by atoms with E-state index in [-0.39, 0.29) is 37.6 Å². The number of hydrogen-bond acceptors (Lipinski definition) is 7. The summed E-state index contributed by atoms with van der Waals surface area (Å²) in [6.07, 6.45) is 1.56. The van der Waals surface area contributed by atoms with Crippen molar-refractivity contribution < 1.29 is 34.0 Å². The first-order valence-electron chi connectivity index (χ1n) is 14.9. The highest BCUT2D eigenvalue weighted by atomic mass is 32.2. The monoisotopic (exact) mass is 628 g/mol. The fraction of sp³-hybridized carbons (Fsp3) is 0.286. The molecule has 10 heteroatoms. The van der Waals surface area contributed by atoms with Crippen LogP contribution < -0.4 is 10.0 Å². The number of aliphatic hydroxyl groups is 1. The molecule has 45 heavy (non-hydrogen) atoms. The van der Waals surface area contributed by atoms with Gasteiger partial charge in [0.2, 0.25) is 5.91 Å². The number of nitrogens with one attached hydrogen (secondary N) is 1. The van der Waals surface area contributed by atoms with Gasteiger partial charge in [-0.15, -0.1) is 0 Å². The Balaban J connectivity index is 1.27. The quantitative estimate of drug-likeness (QED) is 0.0978. The Hall–Kier alpha value is -4.22. The van der Waals surface area contributed by atoms with Gasteiger partial charge in [-0.2, -0.15) is 4.73 Å². The van der Waals surface area contributed by atoms with Crippen molar-refractivity contribution in [1.82, 2.24) is 5.32 Å². The number of hydrogen-bond donors (Lipinski definition) is 3. The predicted molar refractivity (Wildman–Crippen MR) is 170 cm³/mol. The second kappa shape index (κ2) is 15.7. The maximum atomic E-state index is 12.2. The van der Waals surface area contributed by atoms with Crippen molar-refractivity contribution in [3.63, 3.8) is 0 Å². The summed E-state index contributed by atoms with van der Waals surface area (Å²) >= 11 is 1.45. The number of aliphatic carboxylic acids is 1. The molecule has 0 aliphatic carbocycles. The van der Waals surface area contributed by atoms with Crippen LogP contribution in [0.4, 0.5) is 0 Å². The minimum Gasteiger partial charge on any atom is -0.618 e. The number of amides is 1. The van der Waals surface area contributed by atoms with Gasteiger partial charge in [0.1, 0.15) is 0 Å². The summed E-state index contributed by atoms with van der Waals surface area (Å²) in [5.74, 6) is -0.497. The van der Waals surface area contributed by atoms with E-state index >= 15 is 0 Å². The molecule has 0 bridgehead atoms. The zero-order valence-electron chi connectivity index (χ0n) is 24.7. The number of benzene rings is 3. The molecule has 2 heterocycles. The fourth-order valence-corrected chi connectivity index (χ4v) is 6.04. The van der Waals surface area contributed by atoms with Crippen LogP contribution in [0.2, 0.25) is 0 Å². The molecule has 0 radical (unpaired) electrons. The number of carboxylic acids is 1. The molecule has 234 valence electrons. The van der Waals surface area contributed by atoms with Crippen LogP contribution >= 0.6 is 11.8 Å². The largest absolute Gasteiger partial charge is 0.618 e. The van der Waals surface area contributed by atoms with Crippen molar-refractivity contribution in [3.05, 3.63) is 125 Å². The normalized spacial score (nSPS) is 17.9. The van der Waals surface area contributed by atoms with Crippen LogP contribution in [0, 0.1) is 5.21 Å². The molecule has 1 aliphatic heterocycles. The molecule has 1 amide bonds. The molecular weight excluding hydrogens is 592 g/mol. The Bertz CT molecular complexity index is 1580. The molecule has 1 aromatic heterocycles. The molecule has 3 unspecified atom stereocenters. The first-order chi connectivity index (χ1) is 21.9. The Morgan fingerprint density at radius 2 is 1.67 bits per heavy atom. The van der Waals surface area contributed by atoms with E-state index in [1.807, 2.05) is 78.9 Å². The summed E-state index contributed by atoms with van der Waals surface area (Å²) in [6, 6.07) is 29.0. The summed E-state index contributed by atoms with van der Waals surface area (Å²) in [4.78, 5) is 22.8.